The summed E-state index contributed by atoms with van der Waals surface area (Å²) in [6, 6.07) is 8.95. The minimum absolute atomic E-state index is 0.193. The minimum atomic E-state index is -0.759. The number of aliphatic hydroxyl groups excluding tert-OH is 1. The lowest BCUT2D eigenvalue weighted by molar-refractivity contribution is -0.136. The van der Waals surface area contributed by atoms with Crippen molar-refractivity contribution in [3.8, 4) is 11.5 Å². The Morgan fingerprint density at radius 1 is 1.13 bits per heavy atom. The number of nitrogens with one attached hydrogen (secondary N) is 2. The van der Waals surface area contributed by atoms with E-state index < -0.39 is 17.9 Å². The van der Waals surface area contributed by atoms with Gasteiger partial charge in [-0.25, -0.2) is 0 Å². The molecule has 0 aliphatic heterocycles. The molecule has 0 radical (unpaired) electrons. The first-order valence-corrected chi connectivity index (χ1v) is 10.8. The molecule has 2 aromatic rings. The van der Waals surface area contributed by atoms with Crippen LogP contribution < -0.4 is 20.1 Å². The minimum Gasteiger partial charge on any atom is -0.497 e. The van der Waals surface area contributed by atoms with Crippen LogP contribution in [0.1, 0.15) is 48.5 Å². The molecule has 0 spiro atoms. The number of carbonyl (C=O) groups is 2. The van der Waals surface area contributed by atoms with E-state index in [0.717, 1.165) is 35.4 Å². The van der Waals surface area contributed by atoms with Crippen molar-refractivity contribution in [1.29, 1.82) is 0 Å². The van der Waals surface area contributed by atoms with Crippen LogP contribution in [0.2, 0.25) is 0 Å². The van der Waals surface area contributed by atoms with Crippen LogP contribution in [0.5, 0.6) is 11.5 Å². The summed E-state index contributed by atoms with van der Waals surface area (Å²) in [6.07, 6.45) is 3.52. The Hall–Kier alpha value is -2.58. The van der Waals surface area contributed by atoms with Gasteiger partial charge in [-0.1, -0.05) is 12.8 Å². The van der Waals surface area contributed by atoms with Gasteiger partial charge in [-0.05, 0) is 44.0 Å². The van der Waals surface area contributed by atoms with Crippen molar-refractivity contribution < 1.29 is 24.2 Å². The first-order valence-electron chi connectivity index (χ1n) is 9.98. The summed E-state index contributed by atoms with van der Waals surface area (Å²) >= 11 is 1.58. The maximum absolute atomic E-state index is 12.5. The molecule has 7 nitrogen and oxygen atoms in total. The van der Waals surface area contributed by atoms with Crippen LogP contribution in [0.4, 0.5) is 5.69 Å². The van der Waals surface area contributed by atoms with Gasteiger partial charge in [0.05, 0.1) is 26.0 Å². The second kappa shape index (κ2) is 9.49. The second-order valence-electron chi connectivity index (χ2n) is 7.57. The topological polar surface area (TPSA) is 96.9 Å². The Morgan fingerprint density at radius 2 is 1.87 bits per heavy atom. The predicted molar refractivity (Wildman–Crippen MR) is 116 cm³/mol. The summed E-state index contributed by atoms with van der Waals surface area (Å²) < 4.78 is 10.4. The van der Waals surface area contributed by atoms with Crippen LogP contribution >= 0.6 is 11.3 Å². The highest BCUT2D eigenvalue weighted by Gasteiger charge is 2.38. The lowest BCUT2D eigenvalue weighted by Gasteiger charge is -2.28. The molecule has 162 valence electrons. The van der Waals surface area contributed by atoms with E-state index in [0.29, 0.717) is 23.7 Å². The third-order valence-electron chi connectivity index (χ3n) is 5.57. The average Bonchev–Trinajstić information content (AvgIpc) is 3.42. The van der Waals surface area contributed by atoms with E-state index in [4.69, 9.17) is 9.47 Å². The van der Waals surface area contributed by atoms with Gasteiger partial charge in [0, 0.05) is 27.8 Å². The molecule has 0 bridgehead atoms. The van der Waals surface area contributed by atoms with E-state index in [1.165, 1.54) is 14.2 Å². The van der Waals surface area contributed by atoms with Crippen molar-refractivity contribution in [1.82, 2.24) is 5.32 Å². The number of rotatable bonds is 7. The SMILES string of the molecule is COc1ccc(OC)c(NC(=O)C(=O)NCC2(c3ccc(C(C)O)s3)CCCC2)c1. The molecule has 1 heterocycles. The van der Waals surface area contributed by atoms with E-state index >= 15 is 0 Å². The molecule has 8 heteroatoms. The lowest BCUT2D eigenvalue weighted by Crippen LogP contribution is -2.43. The highest BCUT2D eigenvalue weighted by Crippen LogP contribution is 2.44. The normalized spacial score (nSPS) is 16.0. The van der Waals surface area contributed by atoms with Gasteiger partial charge >= 0.3 is 11.8 Å². The molecule has 1 atom stereocenters. The second-order valence-corrected chi connectivity index (χ2v) is 8.68. The van der Waals surface area contributed by atoms with Crippen molar-refractivity contribution in [3.05, 3.63) is 40.1 Å². The van der Waals surface area contributed by atoms with Crippen LogP contribution in [0.3, 0.4) is 0 Å². The summed E-state index contributed by atoms with van der Waals surface area (Å²) in [4.78, 5) is 27.0. The van der Waals surface area contributed by atoms with E-state index in [1.54, 1.807) is 36.5 Å². The number of anilines is 1. The van der Waals surface area contributed by atoms with Crippen molar-refractivity contribution in [3.63, 3.8) is 0 Å². The van der Waals surface area contributed by atoms with Gasteiger partial charge in [-0.2, -0.15) is 0 Å². The number of amides is 2. The Morgan fingerprint density at radius 3 is 2.47 bits per heavy atom. The quantitative estimate of drug-likeness (QED) is 0.583. The van der Waals surface area contributed by atoms with E-state index in [-0.39, 0.29) is 5.41 Å². The van der Waals surface area contributed by atoms with Crippen LogP contribution in [-0.4, -0.2) is 37.7 Å². The fraction of sp³-hybridized carbons (Fsp3) is 0.455. The Labute approximate surface area is 180 Å². The van der Waals surface area contributed by atoms with Gasteiger partial charge in [-0.3, -0.25) is 9.59 Å². The maximum atomic E-state index is 12.5. The summed E-state index contributed by atoms with van der Waals surface area (Å²) in [5.41, 5.74) is 0.175. The molecule has 1 aromatic heterocycles. The Kier molecular flexibility index (Phi) is 6.99. The standard InChI is InChI=1S/C22H28N2O5S/c1-14(25)18-8-9-19(30-18)22(10-4-5-11-22)13-23-20(26)21(27)24-16-12-15(28-2)6-7-17(16)29-3/h6-9,12,14,25H,4-5,10-11,13H2,1-3H3,(H,23,26)(H,24,27). The number of thiophene rings is 1. The van der Waals surface area contributed by atoms with Gasteiger partial charge in [0.25, 0.3) is 0 Å². The first-order chi connectivity index (χ1) is 14.4. The Balaban J connectivity index is 1.68. The number of carbonyl (C=O) groups excluding carboxylic acids is 2. The van der Waals surface area contributed by atoms with Crippen molar-refractivity contribution in [2.75, 3.05) is 26.1 Å². The zero-order valence-electron chi connectivity index (χ0n) is 17.5. The molecular weight excluding hydrogens is 404 g/mol. The fourth-order valence-corrected chi connectivity index (χ4v) is 5.03. The summed E-state index contributed by atoms with van der Waals surface area (Å²) in [6.45, 7) is 2.13. The average molecular weight is 433 g/mol. The number of aliphatic hydroxyl groups is 1. The third kappa shape index (κ3) is 4.76. The molecule has 1 fully saturated rings. The molecule has 1 aromatic carbocycles. The zero-order valence-corrected chi connectivity index (χ0v) is 18.3. The molecule has 1 aliphatic rings. The van der Waals surface area contributed by atoms with Crippen molar-refractivity contribution in [2.24, 2.45) is 0 Å². The Bertz CT molecular complexity index is 903. The summed E-state index contributed by atoms with van der Waals surface area (Å²) in [5, 5.41) is 15.2. The van der Waals surface area contributed by atoms with Crippen LogP contribution in [-0.2, 0) is 15.0 Å². The summed E-state index contributed by atoms with van der Waals surface area (Å²) in [5.74, 6) is -0.472. The highest BCUT2D eigenvalue weighted by atomic mass is 32.1. The number of benzene rings is 1. The lowest BCUT2D eigenvalue weighted by atomic mass is 9.84. The van der Waals surface area contributed by atoms with Crippen LogP contribution in [0.15, 0.2) is 30.3 Å². The van der Waals surface area contributed by atoms with Gasteiger partial charge in [0.15, 0.2) is 0 Å². The van der Waals surface area contributed by atoms with E-state index in [9.17, 15) is 14.7 Å². The third-order valence-corrected chi connectivity index (χ3v) is 7.07. The molecule has 3 N–H and O–H groups in total. The maximum Gasteiger partial charge on any atom is 0.313 e. The number of hydrogen-bond donors (Lipinski definition) is 3. The molecular formula is C22H28N2O5S. The fourth-order valence-electron chi connectivity index (χ4n) is 3.85. The van der Waals surface area contributed by atoms with Crippen LogP contribution in [0.25, 0.3) is 0 Å². The van der Waals surface area contributed by atoms with Crippen molar-refractivity contribution in [2.45, 2.75) is 44.1 Å². The monoisotopic (exact) mass is 432 g/mol. The zero-order chi connectivity index (χ0) is 21.7. The van der Waals surface area contributed by atoms with Crippen molar-refractivity contribution >= 4 is 28.8 Å². The number of ether oxygens (including phenoxy) is 2. The molecule has 2 amide bonds. The molecule has 1 aliphatic carbocycles. The highest BCUT2D eigenvalue weighted by molar-refractivity contribution is 7.12. The van der Waals surface area contributed by atoms with Gasteiger partial charge < -0.3 is 25.2 Å². The van der Waals surface area contributed by atoms with Crippen LogP contribution in [0, 0.1) is 0 Å². The smallest absolute Gasteiger partial charge is 0.313 e. The molecule has 30 heavy (non-hydrogen) atoms. The van der Waals surface area contributed by atoms with E-state index in [2.05, 4.69) is 10.6 Å². The number of hydrogen-bond acceptors (Lipinski definition) is 6. The molecule has 1 saturated carbocycles. The predicted octanol–water partition coefficient (Wildman–Crippen LogP) is 3.39. The molecule has 1 unspecified atom stereocenters. The largest absolute Gasteiger partial charge is 0.497 e. The van der Waals surface area contributed by atoms with Gasteiger partial charge in [0.1, 0.15) is 11.5 Å². The van der Waals surface area contributed by atoms with Gasteiger partial charge in [0.2, 0.25) is 0 Å². The first kappa shape index (κ1) is 22.1. The molecule has 3 rings (SSSR count). The summed E-state index contributed by atoms with van der Waals surface area (Å²) in [7, 11) is 3.01. The number of methoxy groups -OCH3 is 2. The molecule has 0 saturated heterocycles. The van der Waals surface area contributed by atoms with E-state index in [1.807, 2.05) is 12.1 Å². The van der Waals surface area contributed by atoms with Gasteiger partial charge in [-0.15, -0.1) is 11.3 Å².